The number of aryl methyl sites for hydroxylation is 1. The Morgan fingerprint density at radius 3 is 2.15 bits per heavy atom. The van der Waals surface area contributed by atoms with E-state index in [1.54, 1.807) is 12.1 Å². The molecule has 0 saturated heterocycles. The minimum Gasteiger partial charge on any atom is -0.296 e. The van der Waals surface area contributed by atoms with E-state index in [9.17, 15) is 12.7 Å². The van der Waals surface area contributed by atoms with Crippen molar-refractivity contribution in [3.63, 3.8) is 0 Å². The summed E-state index contributed by atoms with van der Waals surface area (Å²) in [6.07, 6.45) is 0. The van der Waals surface area contributed by atoms with Gasteiger partial charge in [0.05, 0.1) is 4.90 Å². The molecule has 0 aliphatic rings. The molecule has 1 aromatic rings. The van der Waals surface area contributed by atoms with Gasteiger partial charge < -0.3 is 0 Å². The van der Waals surface area contributed by atoms with Gasteiger partial charge in [-0.15, -0.1) is 0 Å². The molecule has 1 rings (SSSR count). The van der Waals surface area contributed by atoms with E-state index in [-0.39, 0.29) is 4.90 Å². The van der Waals surface area contributed by atoms with Crippen LogP contribution in [0.25, 0.3) is 0 Å². The van der Waals surface area contributed by atoms with E-state index < -0.39 is 13.8 Å². The first-order valence-corrected chi connectivity index (χ1v) is 6.32. The van der Waals surface area contributed by atoms with E-state index in [2.05, 4.69) is 0 Å². The Balaban J connectivity index is 3.17. The van der Waals surface area contributed by atoms with Crippen LogP contribution < -0.4 is 0 Å². The highest BCUT2D eigenvalue weighted by Crippen LogP contribution is 2.18. The number of hydrogen-bond acceptors (Lipinski definition) is 2. The van der Waals surface area contributed by atoms with Crippen LogP contribution in [0.2, 0.25) is 0 Å². The first kappa shape index (κ1) is 11.0. The van der Waals surface area contributed by atoms with Crippen LogP contribution in [0.15, 0.2) is 29.2 Å². The van der Waals surface area contributed by atoms with E-state index >= 15 is 0 Å². The summed E-state index contributed by atoms with van der Waals surface area (Å²) in [7, 11) is -3.77. The Bertz CT molecular complexity index is 387. The Morgan fingerprint density at radius 1 is 1.31 bits per heavy atom. The molecule has 0 aliphatic heterocycles. The van der Waals surface area contributed by atoms with Crippen molar-refractivity contribution in [3.8, 4) is 0 Å². The zero-order valence-corrected chi connectivity index (χ0v) is 9.84. The van der Waals surface area contributed by atoms with Crippen LogP contribution in [0.5, 0.6) is 0 Å². The van der Waals surface area contributed by atoms with Gasteiger partial charge in [0.15, 0.2) is 9.69 Å². The van der Waals surface area contributed by atoms with Gasteiger partial charge >= 0.3 is 4.12 Å². The third kappa shape index (κ3) is 2.43. The number of benzene rings is 1. The van der Waals surface area contributed by atoms with Gasteiger partial charge in [-0.1, -0.05) is 40.1 Å². The molecule has 13 heavy (non-hydrogen) atoms. The van der Waals surface area contributed by atoms with Crippen molar-refractivity contribution in [2.24, 2.45) is 0 Å². The predicted octanol–water partition coefficient (Wildman–Crippen LogP) is 2.16. The SMILES string of the molecule is Cc1ccc(S(=O)(=O)B(F)I)cc1. The molecule has 0 N–H and O–H groups in total. The molecule has 0 fully saturated rings. The lowest BCUT2D eigenvalue weighted by molar-refractivity contribution is 0.605. The van der Waals surface area contributed by atoms with Gasteiger partial charge in [-0.3, -0.25) is 4.32 Å². The van der Waals surface area contributed by atoms with Crippen molar-refractivity contribution in [1.82, 2.24) is 0 Å². The van der Waals surface area contributed by atoms with Crippen LogP contribution in [-0.4, -0.2) is 12.5 Å². The van der Waals surface area contributed by atoms with Crippen molar-refractivity contribution in [2.75, 3.05) is 0 Å². The minimum atomic E-state index is -3.77. The normalized spacial score (nSPS) is 11.3. The van der Waals surface area contributed by atoms with E-state index in [1.165, 1.54) is 34.5 Å². The molecule has 70 valence electrons. The summed E-state index contributed by atoms with van der Waals surface area (Å²) in [5, 5.41) is 0. The molecule has 0 aliphatic carbocycles. The average Bonchev–Trinajstić information content (AvgIpc) is 2.04. The fourth-order valence-corrected chi connectivity index (χ4v) is 2.43. The molecule has 0 amide bonds. The number of rotatable bonds is 2. The summed E-state index contributed by atoms with van der Waals surface area (Å²) in [5.41, 5.74) is 0.947. The summed E-state index contributed by atoms with van der Waals surface area (Å²) in [6.45, 7) is 1.84. The second kappa shape index (κ2) is 3.95. The molecular formula is C7H7BFIO2S. The van der Waals surface area contributed by atoms with Crippen LogP contribution in [0.1, 0.15) is 5.56 Å². The zero-order chi connectivity index (χ0) is 10.1. The highest BCUT2D eigenvalue weighted by molar-refractivity contribution is 14.1. The average molecular weight is 312 g/mol. The molecule has 0 spiro atoms. The standard InChI is InChI=1S/C7H7BFIO2S/c1-6-2-4-7(5-3-6)13(11,12)8(9)10/h2-5H,1H3. The lowest BCUT2D eigenvalue weighted by Crippen LogP contribution is -2.14. The molecule has 2 nitrogen and oxygen atoms in total. The van der Waals surface area contributed by atoms with Crippen molar-refractivity contribution >= 4 is 36.2 Å². The topological polar surface area (TPSA) is 34.1 Å². The Hall–Kier alpha value is -0.105. The molecule has 0 bridgehead atoms. The lowest BCUT2D eigenvalue weighted by atomic mass is 10.2. The highest BCUT2D eigenvalue weighted by atomic mass is 127. The highest BCUT2D eigenvalue weighted by Gasteiger charge is 2.30. The van der Waals surface area contributed by atoms with Gasteiger partial charge in [0.2, 0.25) is 0 Å². The van der Waals surface area contributed by atoms with Gasteiger partial charge in [0, 0.05) is 0 Å². The largest absolute Gasteiger partial charge is 0.553 e. The molecule has 0 aromatic heterocycles. The Labute approximate surface area is 90.4 Å². The van der Waals surface area contributed by atoms with Gasteiger partial charge in [0.25, 0.3) is 0 Å². The number of hydrogen-bond donors (Lipinski definition) is 0. The van der Waals surface area contributed by atoms with Gasteiger partial charge in [0.1, 0.15) is 0 Å². The minimum absolute atomic E-state index is 0.0278. The first-order valence-electron chi connectivity index (χ1n) is 3.53. The maximum atomic E-state index is 12.7. The third-order valence-corrected chi connectivity index (χ3v) is 4.99. The Kier molecular flexibility index (Phi) is 3.34. The van der Waals surface area contributed by atoms with E-state index in [0.717, 1.165) is 5.56 Å². The van der Waals surface area contributed by atoms with Crippen molar-refractivity contribution < 1.29 is 12.7 Å². The summed E-state index contributed by atoms with van der Waals surface area (Å²) < 4.78 is 33.3. The van der Waals surface area contributed by atoms with Crippen LogP contribution in [0, 0.1) is 6.92 Å². The maximum absolute atomic E-state index is 12.7. The van der Waals surface area contributed by atoms with Crippen LogP contribution in [0.3, 0.4) is 0 Å². The second-order valence-electron chi connectivity index (χ2n) is 2.62. The van der Waals surface area contributed by atoms with E-state index in [4.69, 9.17) is 0 Å². The third-order valence-electron chi connectivity index (χ3n) is 1.58. The fourth-order valence-electron chi connectivity index (χ4n) is 0.831. The maximum Gasteiger partial charge on any atom is 0.553 e. The van der Waals surface area contributed by atoms with E-state index in [1.807, 2.05) is 6.92 Å². The molecule has 0 saturated carbocycles. The van der Waals surface area contributed by atoms with Crippen LogP contribution in [0.4, 0.5) is 4.32 Å². The van der Waals surface area contributed by atoms with Crippen LogP contribution in [-0.2, 0) is 9.69 Å². The van der Waals surface area contributed by atoms with Crippen molar-refractivity contribution in [3.05, 3.63) is 29.8 Å². The lowest BCUT2D eigenvalue weighted by Gasteiger charge is -2.01. The van der Waals surface area contributed by atoms with Gasteiger partial charge in [-0.25, -0.2) is 8.42 Å². The quantitative estimate of drug-likeness (QED) is 0.619. The Morgan fingerprint density at radius 2 is 1.77 bits per heavy atom. The smallest absolute Gasteiger partial charge is 0.296 e. The molecule has 6 heteroatoms. The van der Waals surface area contributed by atoms with E-state index in [0.29, 0.717) is 0 Å². The van der Waals surface area contributed by atoms with Gasteiger partial charge in [-0.2, -0.15) is 0 Å². The first-order chi connectivity index (χ1) is 5.94. The zero-order valence-electron chi connectivity index (χ0n) is 6.87. The molecule has 1 aromatic carbocycles. The predicted molar refractivity (Wildman–Crippen MR) is 59.2 cm³/mol. The molecule has 0 radical (unpaired) electrons. The molecular weight excluding hydrogens is 305 g/mol. The fraction of sp³-hybridized carbons (Fsp3) is 0.143. The molecule has 0 atom stereocenters. The molecule has 0 heterocycles. The molecule has 0 unspecified atom stereocenters. The summed E-state index contributed by atoms with van der Waals surface area (Å²) in [4.78, 5) is 0.0278. The number of halogens is 2. The van der Waals surface area contributed by atoms with Crippen molar-refractivity contribution in [2.45, 2.75) is 11.8 Å². The second-order valence-corrected chi connectivity index (χ2v) is 6.53. The summed E-state index contributed by atoms with van der Waals surface area (Å²) in [6, 6.07) is 6.11. The summed E-state index contributed by atoms with van der Waals surface area (Å²) in [5.74, 6) is 0. The summed E-state index contributed by atoms with van der Waals surface area (Å²) >= 11 is 1.24. The monoisotopic (exact) mass is 312 g/mol. The van der Waals surface area contributed by atoms with Crippen molar-refractivity contribution in [1.29, 1.82) is 0 Å². The van der Waals surface area contributed by atoms with Gasteiger partial charge in [-0.05, 0) is 19.1 Å². The van der Waals surface area contributed by atoms with Crippen LogP contribution >= 0.6 is 22.4 Å².